The predicted octanol–water partition coefficient (Wildman–Crippen LogP) is 8.33. The van der Waals surface area contributed by atoms with Crippen LogP contribution in [0.25, 0.3) is 0 Å². The monoisotopic (exact) mass is 965 g/mol. The molecule has 0 bridgehead atoms. The Balaban J connectivity index is 0.000000295. The van der Waals surface area contributed by atoms with Gasteiger partial charge in [0, 0.05) is 62.8 Å². The zero-order valence-corrected chi connectivity index (χ0v) is 39.0. The van der Waals surface area contributed by atoms with Gasteiger partial charge in [0.05, 0.1) is 0 Å². The summed E-state index contributed by atoms with van der Waals surface area (Å²) in [6.07, 6.45) is 1.02. The van der Waals surface area contributed by atoms with Gasteiger partial charge in [-0.25, -0.2) is 14.8 Å². The number of nitrogens with one attached hydrogen (secondary N) is 2. The lowest BCUT2D eigenvalue weighted by Gasteiger charge is -2.21. The van der Waals surface area contributed by atoms with Gasteiger partial charge in [-0.05, 0) is 34.4 Å². The Morgan fingerprint density at radius 3 is 1.47 bits per heavy atom. The number of rotatable bonds is 17. The van der Waals surface area contributed by atoms with Crippen LogP contribution in [-0.2, 0) is 37.2 Å². The van der Waals surface area contributed by atoms with Gasteiger partial charge in [0.15, 0.2) is 17.5 Å². The fourth-order valence-corrected chi connectivity index (χ4v) is 6.73. The summed E-state index contributed by atoms with van der Waals surface area (Å²) in [5, 5.41) is 23.8. The largest absolute Gasteiger partial charge is 0.472 e. The van der Waals surface area contributed by atoms with E-state index in [-0.39, 0.29) is 59.8 Å². The average Bonchev–Trinajstić information content (AvgIpc) is 3.36. The van der Waals surface area contributed by atoms with Crippen LogP contribution in [0, 0.1) is 0 Å². The first-order chi connectivity index (χ1) is 32.4. The molecule has 0 radical (unpaired) electrons. The molecule has 2 unspecified atom stereocenters. The fourth-order valence-electron chi connectivity index (χ4n) is 6.27. The second kappa shape index (κ2) is 26.6. The Labute approximate surface area is 405 Å². The molecule has 68 heavy (non-hydrogen) atoms. The van der Waals surface area contributed by atoms with Gasteiger partial charge in [-0.3, -0.25) is 9.59 Å². The van der Waals surface area contributed by atoms with Gasteiger partial charge >= 0.3 is 6.09 Å². The number of hydrogen-bond acceptors (Lipinski definition) is 13. The number of likely N-dealkylation sites (N-methyl/N-ethyl adjacent to an activating group) is 2. The molecule has 16 nitrogen and oxygen atoms in total. The Morgan fingerprint density at radius 1 is 0.632 bits per heavy atom. The molecule has 4 aromatic carbocycles. The molecule has 0 saturated heterocycles. The number of carbonyl (C=O) groups excluding carboxylic acids is 3. The highest BCUT2D eigenvalue weighted by molar-refractivity contribution is 6.46. The maximum absolute atomic E-state index is 12.3. The van der Waals surface area contributed by atoms with E-state index in [2.05, 4.69) is 30.9 Å². The van der Waals surface area contributed by atoms with Gasteiger partial charge in [-0.2, -0.15) is 0 Å². The summed E-state index contributed by atoms with van der Waals surface area (Å²) in [6.45, 7) is 0.170. The fraction of sp³-hybridized carbons (Fsp3) is 0.220. The quantitative estimate of drug-likeness (QED) is 0.0588. The molecule has 2 aromatic heterocycles. The molecule has 2 heterocycles. The Hall–Kier alpha value is -7.53. The molecule has 3 amide bonds. The van der Waals surface area contributed by atoms with Gasteiger partial charge < -0.3 is 44.5 Å². The molecule has 0 spiro atoms. The van der Waals surface area contributed by atoms with Crippen LogP contribution in [0.15, 0.2) is 144 Å². The number of halogens is 2. The molecule has 0 fully saturated rings. The first-order valence-corrected chi connectivity index (χ1v) is 21.2. The molecular formula is C50H53Cl2N7O9. The molecule has 0 aliphatic carbocycles. The van der Waals surface area contributed by atoms with Crippen molar-refractivity contribution in [2.45, 2.75) is 32.8 Å². The number of hydrogen-bond donors (Lipinski definition) is 3. The minimum atomic E-state index is -0.846. The smallest absolute Gasteiger partial charge is 0.410 e. The summed E-state index contributed by atoms with van der Waals surface area (Å²) in [6, 6.07) is 36.1. The molecule has 356 valence electrons. The second-order valence-corrected chi connectivity index (χ2v) is 15.1. The highest BCUT2D eigenvalue weighted by atomic mass is 35.5. The first kappa shape index (κ1) is 53.1. The van der Waals surface area contributed by atoms with Crippen molar-refractivity contribution in [3.8, 4) is 11.8 Å². The molecule has 18 heteroatoms. The van der Waals surface area contributed by atoms with Gasteiger partial charge in [0.1, 0.15) is 43.6 Å². The van der Waals surface area contributed by atoms with Crippen LogP contribution in [0.1, 0.15) is 64.1 Å². The van der Waals surface area contributed by atoms with Crippen LogP contribution in [0.5, 0.6) is 11.8 Å². The summed E-state index contributed by atoms with van der Waals surface area (Å²) >= 11 is 12.9. The van der Waals surface area contributed by atoms with Crippen molar-refractivity contribution in [2.24, 2.45) is 10.3 Å². The number of nitrogens with zero attached hydrogens (tertiary/aromatic N) is 5. The van der Waals surface area contributed by atoms with Crippen LogP contribution < -0.4 is 20.1 Å². The van der Waals surface area contributed by atoms with E-state index in [4.69, 9.17) is 47.1 Å². The van der Waals surface area contributed by atoms with E-state index in [1.807, 2.05) is 78.9 Å². The predicted molar refractivity (Wildman–Crippen MR) is 261 cm³/mol. The summed E-state index contributed by atoms with van der Waals surface area (Å²) in [4.78, 5) is 56.4. The number of pyridine rings is 2. The SMILES string of the molecule is C.CNC(=O)/C(=N/OC)c1ccccc1COc1ncc(C(O)c2ccccc2)cc1Cl.CNC(=O)/C(=N/OC)c1ccccc1COc1ncc(C(OC(=O)N(C)C)c2ccccc2)cc1Cl. The minimum Gasteiger partial charge on any atom is -0.472 e. The number of amides is 3. The highest BCUT2D eigenvalue weighted by Gasteiger charge is 2.24. The van der Waals surface area contributed by atoms with Crippen LogP contribution in [0.2, 0.25) is 10.0 Å². The topological polar surface area (TPSA) is 195 Å². The van der Waals surface area contributed by atoms with Gasteiger partial charge in [-0.15, -0.1) is 0 Å². The van der Waals surface area contributed by atoms with Crippen molar-refractivity contribution < 1.29 is 43.4 Å². The van der Waals surface area contributed by atoms with Crippen LogP contribution in [0.4, 0.5) is 4.79 Å². The van der Waals surface area contributed by atoms with E-state index in [1.54, 1.807) is 62.8 Å². The molecule has 6 aromatic rings. The van der Waals surface area contributed by atoms with E-state index in [0.29, 0.717) is 33.4 Å². The minimum absolute atomic E-state index is 0. The summed E-state index contributed by atoms with van der Waals surface area (Å²) in [5.74, 6) is -0.384. The van der Waals surface area contributed by atoms with E-state index >= 15 is 0 Å². The maximum Gasteiger partial charge on any atom is 0.410 e. The number of ether oxygens (including phenoxy) is 3. The lowest BCUT2D eigenvalue weighted by molar-refractivity contribution is -0.115. The number of aliphatic hydroxyl groups is 1. The number of aliphatic hydroxyl groups excluding tert-OH is 1. The molecule has 0 saturated carbocycles. The van der Waals surface area contributed by atoms with E-state index < -0.39 is 24.2 Å². The number of carbonyl (C=O) groups is 3. The van der Waals surface area contributed by atoms with Crippen molar-refractivity contribution >= 4 is 52.5 Å². The van der Waals surface area contributed by atoms with Crippen molar-refractivity contribution in [2.75, 3.05) is 42.4 Å². The van der Waals surface area contributed by atoms with Crippen molar-refractivity contribution in [3.63, 3.8) is 0 Å². The van der Waals surface area contributed by atoms with Crippen LogP contribution in [-0.4, -0.2) is 91.7 Å². The molecule has 3 N–H and O–H groups in total. The summed E-state index contributed by atoms with van der Waals surface area (Å²) in [7, 11) is 8.98. The third-order valence-corrected chi connectivity index (χ3v) is 10.1. The van der Waals surface area contributed by atoms with Gasteiger partial charge in [-0.1, -0.05) is 150 Å². The maximum atomic E-state index is 12.3. The Bertz CT molecular complexity index is 2670. The third-order valence-electron chi connectivity index (χ3n) is 9.60. The summed E-state index contributed by atoms with van der Waals surface area (Å²) < 4.78 is 17.4. The van der Waals surface area contributed by atoms with Crippen LogP contribution in [0.3, 0.4) is 0 Å². The zero-order valence-electron chi connectivity index (χ0n) is 37.5. The standard InChI is InChI=1S/C26H27ClN4O5.C23H22ClN3O4.CH4/c1-28-24(32)22(30-34-4)20-13-9-8-12-18(20)16-35-25-21(27)14-19(15-29-25)23(36-26(33)31(2)3)17-10-6-5-7-11-17;1-25-22(29)20(27-30-2)18-11-7-6-10-16(18)14-31-23-19(24)12-17(13-26-23)21(28)15-8-4-3-5-9-15;/h5-15,23H,16H2,1-4H3,(H,28,32);3-13,21,28H,14H2,1-2H3,(H,25,29);1H4/b30-22+;27-20+;. The van der Waals surface area contributed by atoms with Crippen LogP contribution >= 0.6 is 23.2 Å². The molecular weight excluding hydrogens is 913 g/mol. The van der Waals surface area contributed by atoms with Crippen molar-refractivity contribution in [1.82, 2.24) is 25.5 Å². The highest BCUT2D eigenvalue weighted by Crippen LogP contribution is 2.32. The normalized spacial score (nSPS) is 11.8. The zero-order chi connectivity index (χ0) is 48.3. The lowest BCUT2D eigenvalue weighted by atomic mass is 10.0. The third kappa shape index (κ3) is 14.2. The van der Waals surface area contributed by atoms with E-state index in [1.165, 1.54) is 39.4 Å². The number of aromatic nitrogens is 2. The van der Waals surface area contributed by atoms with Crippen molar-refractivity contribution in [3.05, 3.63) is 188 Å². The Kier molecular flexibility index (Phi) is 20.7. The second-order valence-electron chi connectivity index (χ2n) is 14.3. The van der Waals surface area contributed by atoms with E-state index in [9.17, 15) is 19.5 Å². The average molecular weight is 967 g/mol. The van der Waals surface area contributed by atoms with Gasteiger partial charge in [0.2, 0.25) is 11.8 Å². The van der Waals surface area contributed by atoms with E-state index in [0.717, 1.165) is 11.1 Å². The molecule has 2 atom stereocenters. The molecule has 0 aliphatic rings. The molecule has 0 aliphatic heterocycles. The number of oxime groups is 2. The molecule has 6 rings (SSSR count). The Morgan fingerprint density at radius 2 is 1.04 bits per heavy atom. The van der Waals surface area contributed by atoms with Crippen molar-refractivity contribution in [1.29, 1.82) is 0 Å². The summed E-state index contributed by atoms with van der Waals surface area (Å²) in [5.41, 5.74) is 5.39. The lowest BCUT2D eigenvalue weighted by Crippen LogP contribution is -2.29. The van der Waals surface area contributed by atoms with Gasteiger partial charge in [0.25, 0.3) is 11.8 Å². The first-order valence-electron chi connectivity index (χ1n) is 20.5. The number of benzene rings is 4.